The molecule has 1 N–H and O–H groups in total. The molecule has 1 aromatic heterocycles. The molecule has 2 aliphatic rings. The summed E-state index contributed by atoms with van der Waals surface area (Å²) in [6, 6.07) is 6.54. The van der Waals surface area contributed by atoms with E-state index < -0.39 is 0 Å². The number of hydrogen-bond acceptors (Lipinski definition) is 4. The van der Waals surface area contributed by atoms with Gasteiger partial charge < -0.3 is 10.2 Å². The third-order valence-corrected chi connectivity index (χ3v) is 7.37. The Labute approximate surface area is 180 Å². The summed E-state index contributed by atoms with van der Waals surface area (Å²) < 4.78 is 13.2. The summed E-state index contributed by atoms with van der Waals surface area (Å²) in [6.45, 7) is 3.18. The molecule has 1 aromatic carbocycles. The summed E-state index contributed by atoms with van der Waals surface area (Å²) in [5.74, 6) is 0.219. The van der Waals surface area contributed by atoms with E-state index in [-0.39, 0.29) is 17.6 Å². The molecular formula is C23H28FN3O2S. The van der Waals surface area contributed by atoms with E-state index in [1.807, 2.05) is 11.8 Å². The molecule has 2 amide bonds. The maximum Gasteiger partial charge on any atom is 0.265 e. The van der Waals surface area contributed by atoms with Crippen molar-refractivity contribution in [3.63, 3.8) is 0 Å². The molecule has 0 radical (unpaired) electrons. The van der Waals surface area contributed by atoms with Crippen LogP contribution < -0.4 is 5.32 Å². The number of piperidine rings is 1. The van der Waals surface area contributed by atoms with Crippen molar-refractivity contribution < 1.29 is 14.0 Å². The van der Waals surface area contributed by atoms with Crippen LogP contribution in [0.5, 0.6) is 0 Å². The van der Waals surface area contributed by atoms with Crippen molar-refractivity contribution in [1.29, 1.82) is 0 Å². The first kappa shape index (κ1) is 21.0. The average molecular weight is 430 g/mol. The summed E-state index contributed by atoms with van der Waals surface area (Å²) in [4.78, 5) is 32.4. The average Bonchev–Trinajstić information content (AvgIpc) is 3.38. The van der Waals surface area contributed by atoms with Crippen LogP contribution in [-0.2, 0) is 4.79 Å². The van der Waals surface area contributed by atoms with E-state index in [0.29, 0.717) is 42.0 Å². The Kier molecular flexibility index (Phi) is 6.46. The molecule has 5 nitrogen and oxygen atoms in total. The third kappa shape index (κ3) is 4.89. The smallest absolute Gasteiger partial charge is 0.265 e. The van der Waals surface area contributed by atoms with Crippen molar-refractivity contribution in [2.24, 2.45) is 5.92 Å². The Morgan fingerprint density at radius 1 is 1.13 bits per heavy atom. The highest BCUT2D eigenvalue weighted by atomic mass is 32.1. The minimum Gasteiger partial charge on any atom is -0.353 e. The number of amides is 2. The summed E-state index contributed by atoms with van der Waals surface area (Å²) in [6.07, 6.45) is 6.90. The lowest BCUT2D eigenvalue weighted by molar-refractivity contribution is -0.123. The Morgan fingerprint density at radius 3 is 2.47 bits per heavy atom. The van der Waals surface area contributed by atoms with Crippen molar-refractivity contribution in [2.45, 2.75) is 57.9 Å². The molecule has 160 valence electrons. The lowest BCUT2D eigenvalue weighted by Gasteiger charge is -2.31. The third-order valence-electron chi connectivity index (χ3n) is 6.18. The van der Waals surface area contributed by atoms with E-state index >= 15 is 0 Å². The number of aromatic nitrogens is 1. The van der Waals surface area contributed by atoms with Gasteiger partial charge in [-0.3, -0.25) is 9.59 Å². The second-order valence-corrected chi connectivity index (χ2v) is 9.43. The number of likely N-dealkylation sites (tertiary alicyclic amines) is 1. The number of aryl methyl sites for hydroxylation is 1. The summed E-state index contributed by atoms with van der Waals surface area (Å²) in [5.41, 5.74) is 1.53. The van der Waals surface area contributed by atoms with E-state index in [0.717, 1.165) is 36.3 Å². The van der Waals surface area contributed by atoms with Gasteiger partial charge in [0, 0.05) is 31.1 Å². The summed E-state index contributed by atoms with van der Waals surface area (Å²) >= 11 is 1.36. The highest BCUT2D eigenvalue weighted by Crippen LogP contribution is 2.30. The fourth-order valence-corrected chi connectivity index (χ4v) is 5.45. The number of halogens is 1. The van der Waals surface area contributed by atoms with Crippen LogP contribution in [0, 0.1) is 18.7 Å². The quantitative estimate of drug-likeness (QED) is 0.758. The van der Waals surface area contributed by atoms with Gasteiger partial charge in [0.1, 0.15) is 15.7 Å². The van der Waals surface area contributed by atoms with Crippen LogP contribution in [-0.4, -0.2) is 40.8 Å². The molecule has 30 heavy (non-hydrogen) atoms. The number of rotatable bonds is 5. The maximum absolute atomic E-state index is 13.2. The van der Waals surface area contributed by atoms with Gasteiger partial charge in [0.2, 0.25) is 5.91 Å². The zero-order valence-electron chi connectivity index (χ0n) is 17.3. The Bertz CT molecular complexity index is 898. The largest absolute Gasteiger partial charge is 0.353 e. The van der Waals surface area contributed by atoms with Gasteiger partial charge >= 0.3 is 0 Å². The number of carbonyl (C=O) groups is 2. The highest BCUT2D eigenvalue weighted by Gasteiger charge is 2.28. The molecule has 0 atom stereocenters. The molecule has 2 aromatic rings. The number of thiazole rings is 1. The maximum atomic E-state index is 13.2. The second kappa shape index (κ2) is 9.25. The lowest BCUT2D eigenvalue weighted by Crippen LogP contribution is -2.40. The standard InChI is InChI=1S/C23H28FN3O2S/c1-15-21(30-22(25-15)17-6-8-18(24)9-7-17)23(29)27-12-10-16(11-13-27)14-20(28)26-19-4-2-3-5-19/h6-9,16,19H,2-5,10-14H2,1H3,(H,26,28). The van der Waals surface area contributed by atoms with Crippen LogP contribution in [0.2, 0.25) is 0 Å². The Balaban J connectivity index is 1.32. The molecule has 0 unspecified atom stereocenters. The van der Waals surface area contributed by atoms with E-state index in [1.165, 1.54) is 36.3 Å². The fraction of sp³-hybridized carbons (Fsp3) is 0.522. The molecule has 1 saturated carbocycles. The van der Waals surface area contributed by atoms with E-state index in [2.05, 4.69) is 10.3 Å². The number of hydrogen-bond donors (Lipinski definition) is 1. The first-order chi connectivity index (χ1) is 14.5. The van der Waals surface area contributed by atoms with Crippen molar-refractivity contribution >= 4 is 23.2 Å². The normalized spacial score (nSPS) is 18.0. The predicted octanol–water partition coefficient (Wildman–Crippen LogP) is 4.56. The molecule has 0 bridgehead atoms. The van der Waals surface area contributed by atoms with Crippen molar-refractivity contribution in [3.8, 4) is 10.6 Å². The fourth-order valence-electron chi connectivity index (χ4n) is 4.41. The molecule has 1 aliphatic heterocycles. The van der Waals surface area contributed by atoms with Gasteiger partial charge in [-0.15, -0.1) is 11.3 Å². The van der Waals surface area contributed by atoms with Crippen LogP contribution in [0.1, 0.15) is 60.3 Å². The topological polar surface area (TPSA) is 62.3 Å². The highest BCUT2D eigenvalue weighted by molar-refractivity contribution is 7.17. The summed E-state index contributed by atoms with van der Waals surface area (Å²) in [5, 5.41) is 3.90. The minimum atomic E-state index is -0.289. The Morgan fingerprint density at radius 2 is 1.80 bits per heavy atom. The minimum absolute atomic E-state index is 0.00668. The molecule has 4 rings (SSSR count). The van der Waals surface area contributed by atoms with Gasteiger partial charge in [0.15, 0.2) is 0 Å². The SMILES string of the molecule is Cc1nc(-c2ccc(F)cc2)sc1C(=O)N1CCC(CC(=O)NC2CCCC2)CC1. The van der Waals surface area contributed by atoms with Gasteiger partial charge in [-0.2, -0.15) is 0 Å². The van der Waals surface area contributed by atoms with Crippen molar-refractivity contribution in [3.05, 3.63) is 40.7 Å². The van der Waals surface area contributed by atoms with E-state index in [9.17, 15) is 14.0 Å². The first-order valence-corrected chi connectivity index (χ1v) is 11.6. The van der Waals surface area contributed by atoms with Gasteiger partial charge in [-0.25, -0.2) is 9.37 Å². The van der Waals surface area contributed by atoms with Crippen LogP contribution in [0.15, 0.2) is 24.3 Å². The first-order valence-electron chi connectivity index (χ1n) is 10.8. The number of benzene rings is 1. The van der Waals surface area contributed by atoms with Gasteiger partial charge in [0.25, 0.3) is 5.91 Å². The van der Waals surface area contributed by atoms with Crippen LogP contribution in [0.3, 0.4) is 0 Å². The van der Waals surface area contributed by atoms with Gasteiger partial charge in [0.05, 0.1) is 5.69 Å². The van der Waals surface area contributed by atoms with Crippen molar-refractivity contribution in [2.75, 3.05) is 13.1 Å². The molecule has 0 spiro atoms. The number of carbonyl (C=O) groups excluding carboxylic acids is 2. The van der Waals surface area contributed by atoms with E-state index in [1.54, 1.807) is 12.1 Å². The van der Waals surface area contributed by atoms with Gasteiger partial charge in [-0.1, -0.05) is 12.8 Å². The zero-order valence-corrected chi connectivity index (χ0v) is 18.1. The summed E-state index contributed by atoms with van der Waals surface area (Å²) in [7, 11) is 0. The van der Waals surface area contributed by atoms with Gasteiger partial charge in [-0.05, 0) is 62.8 Å². The van der Waals surface area contributed by atoms with Crippen LogP contribution in [0.25, 0.3) is 10.6 Å². The molecular weight excluding hydrogens is 401 g/mol. The molecule has 2 heterocycles. The molecule has 1 saturated heterocycles. The zero-order chi connectivity index (χ0) is 21.1. The second-order valence-electron chi connectivity index (χ2n) is 8.43. The Hall–Kier alpha value is -2.28. The lowest BCUT2D eigenvalue weighted by atomic mass is 9.93. The predicted molar refractivity (Wildman–Crippen MR) is 116 cm³/mol. The number of nitrogens with zero attached hydrogens (tertiary/aromatic N) is 2. The molecule has 2 fully saturated rings. The van der Waals surface area contributed by atoms with Crippen LogP contribution >= 0.6 is 11.3 Å². The number of nitrogens with one attached hydrogen (secondary N) is 1. The monoisotopic (exact) mass is 429 g/mol. The molecule has 1 aliphatic carbocycles. The van der Waals surface area contributed by atoms with E-state index in [4.69, 9.17) is 0 Å². The van der Waals surface area contributed by atoms with Crippen molar-refractivity contribution in [1.82, 2.24) is 15.2 Å². The van der Waals surface area contributed by atoms with Crippen LogP contribution in [0.4, 0.5) is 4.39 Å². The molecule has 7 heteroatoms.